The maximum atomic E-state index is 12.1. The van der Waals surface area contributed by atoms with Crippen LogP contribution >= 0.6 is 0 Å². The summed E-state index contributed by atoms with van der Waals surface area (Å²) in [5.74, 6) is 0. The summed E-state index contributed by atoms with van der Waals surface area (Å²) in [6.07, 6.45) is 5.88. The first-order valence-corrected chi connectivity index (χ1v) is 6.72. The normalized spacial score (nSPS) is 10.9. The Morgan fingerprint density at radius 2 is 1.89 bits per heavy atom. The summed E-state index contributed by atoms with van der Waals surface area (Å²) in [5, 5.41) is 0. The van der Waals surface area contributed by atoms with Gasteiger partial charge in [-0.2, -0.15) is 0 Å². The first-order valence-electron chi connectivity index (χ1n) is 6.72. The van der Waals surface area contributed by atoms with Crippen LogP contribution in [-0.2, 0) is 0 Å². The molecule has 1 aromatic heterocycles. The summed E-state index contributed by atoms with van der Waals surface area (Å²) in [5.41, 5.74) is 0. The molecule has 0 aliphatic carbocycles. The van der Waals surface area contributed by atoms with Crippen molar-refractivity contribution in [2.24, 2.45) is 0 Å². The number of nitrogens with zero attached hydrogens (tertiary/aromatic N) is 4. The lowest BCUT2D eigenvalue weighted by atomic mass is 10.3. The van der Waals surface area contributed by atoms with Gasteiger partial charge >= 0.3 is 6.03 Å². The number of imidazole rings is 1. The molecule has 0 saturated heterocycles. The van der Waals surface area contributed by atoms with Gasteiger partial charge in [-0.25, -0.2) is 9.78 Å². The fourth-order valence-electron chi connectivity index (χ4n) is 1.95. The van der Waals surface area contributed by atoms with E-state index in [2.05, 4.69) is 23.7 Å². The Morgan fingerprint density at radius 3 is 2.39 bits per heavy atom. The highest BCUT2D eigenvalue weighted by molar-refractivity contribution is 5.76. The molecule has 0 aromatic carbocycles. The second-order valence-electron chi connectivity index (χ2n) is 4.21. The summed E-state index contributed by atoms with van der Waals surface area (Å²) in [6.45, 7) is 11.0. The number of amides is 1. The lowest BCUT2D eigenvalue weighted by molar-refractivity contribution is 0.197. The Labute approximate surface area is 109 Å². The van der Waals surface area contributed by atoms with Crippen LogP contribution in [0.1, 0.15) is 27.2 Å². The minimum absolute atomic E-state index is 0.00884. The lowest BCUT2D eigenvalue weighted by Crippen LogP contribution is -2.36. The molecule has 0 radical (unpaired) electrons. The molecule has 0 aliphatic rings. The van der Waals surface area contributed by atoms with Gasteiger partial charge in [0.05, 0.1) is 0 Å². The van der Waals surface area contributed by atoms with E-state index in [0.29, 0.717) is 0 Å². The molecule has 0 bridgehead atoms. The summed E-state index contributed by atoms with van der Waals surface area (Å²) < 4.78 is 1.53. The molecule has 0 spiro atoms. The number of hydrogen-bond donors (Lipinski definition) is 0. The van der Waals surface area contributed by atoms with Gasteiger partial charge in [0.1, 0.15) is 6.33 Å². The van der Waals surface area contributed by atoms with Crippen molar-refractivity contribution in [3.8, 4) is 0 Å². The average molecular weight is 252 g/mol. The van der Waals surface area contributed by atoms with Crippen molar-refractivity contribution >= 4 is 6.03 Å². The highest BCUT2D eigenvalue weighted by Crippen LogP contribution is 1.99. The Balaban J connectivity index is 2.40. The third-order valence-corrected chi connectivity index (χ3v) is 3.17. The second-order valence-corrected chi connectivity index (χ2v) is 4.21. The molecule has 0 aliphatic heterocycles. The summed E-state index contributed by atoms with van der Waals surface area (Å²) in [7, 11) is 0. The molecule has 1 aromatic rings. The zero-order chi connectivity index (χ0) is 13.4. The van der Waals surface area contributed by atoms with Gasteiger partial charge in [-0.3, -0.25) is 4.57 Å². The van der Waals surface area contributed by atoms with Crippen molar-refractivity contribution < 1.29 is 4.79 Å². The molecule has 0 saturated carbocycles. The van der Waals surface area contributed by atoms with Gasteiger partial charge in [0.15, 0.2) is 0 Å². The van der Waals surface area contributed by atoms with Gasteiger partial charge in [-0.15, -0.1) is 0 Å². The first-order chi connectivity index (χ1) is 8.72. The van der Waals surface area contributed by atoms with Crippen molar-refractivity contribution in [3.05, 3.63) is 18.7 Å². The van der Waals surface area contributed by atoms with Crippen molar-refractivity contribution in [2.75, 3.05) is 32.7 Å². The van der Waals surface area contributed by atoms with E-state index in [0.717, 1.165) is 39.1 Å². The molecule has 5 heteroatoms. The zero-order valence-corrected chi connectivity index (χ0v) is 11.7. The van der Waals surface area contributed by atoms with Crippen LogP contribution in [-0.4, -0.2) is 58.1 Å². The highest BCUT2D eigenvalue weighted by atomic mass is 16.2. The van der Waals surface area contributed by atoms with E-state index in [1.165, 1.54) is 4.57 Å². The van der Waals surface area contributed by atoms with Crippen LogP contribution in [0.2, 0.25) is 0 Å². The summed E-state index contributed by atoms with van der Waals surface area (Å²) in [4.78, 5) is 20.2. The smallest absolute Gasteiger partial charge is 0.324 e. The quantitative estimate of drug-likeness (QED) is 0.744. The van der Waals surface area contributed by atoms with Crippen LogP contribution in [0.4, 0.5) is 4.79 Å². The first kappa shape index (κ1) is 14.7. The Kier molecular flexibility index (Phi) is 6.43. The largest absolute Gasteiger partial charge is 0.329 e. The molecular formula is C13H24N4O. The fourth-order valence-corrected chi connectivity index (χ4v) is 1.95. The van der Waals surface area contributed by atoms with Crippen molar-refractivity contribution in [1.82, 2.24) is 19.4 Å². The van der Waals surface area contributed by atoms with E-state index in [-0.39, 0.29) is 6.03 Å². The lowest BCUT2D eigenvalue weighted by Gasteiger charge is -2.23. The maximum Gasteiger partial charge on any atom is 0.329 e. The fraction of sp³-hybridized carbons (Fsp3) is 0.692. The van der Waals surface area contributed by atoms with Crippen LogP contribution in [0.3, 0.4) is 0 Å². The molecular weight excluding hydrogens is 228 g/mol. The molecule has 0 N–H and O–H groups in total. The Morgan fingerprint density at radius 1 is 1.17 bits per heavy atom. The van der Waals surface area contributed by atoms with Gasteiger partial charge in [0, 0.05) is 25.5 Å². The SMILES string of the molecule is CCN(CC)CCCN(CC)C(=O)n1ccnc1. The molecule has 0 atom stereocenters. The second kappa shape index (κ2) is 7.87. The number of rotatable bonds is 7. The number of aromatic nitrogens is 2. The summed E-state index contributed by atoms with van der Waals surface area (Å²) >= 11 is 0. The van der Waals surface area contributed by atoms with Gasteiger partial charge < -0.3 is 9.80 Å². The van der Waals surface area contributed by atoms with Crippen LogP contribution in [0.15, 0.2) is 18.7 Å². The molecule has 1 heterocycles. The third kappa shape index (κ3) is 4.14. The van der Waals surface area contributed by atoms with Crippen molar-refractivity contribution in [3.63, 3.8) is 0 Å². The molecule has 5 nitrogen and oxygen atoms in total. The van der Waals surface area contributed by atoms with Crippen molar-refractivity contribution in [2.45, 2.75) is 27.2 Å². The van der Waals surface area contributed by atoms with E-state index < -0.39 is 0 Å². The highest BCUT2D eigenvalue weighted by Gasteiger charge is 2.12. The van der Waals surface area contributed by atoms with Crippen LogP contribution in [0.25, 0.3) is 0 Å². The summed E-state index contributed by atoms with van der Waals surface area (Å²) in [6, 6.07) is 0.00884. The molecule has 0 unspecified atom stereocenters. The number of hydrogen-bond acceptors (Lipinski definition) is 3. The van der Waals surface area contributed by atoms with Crippen LogP contribution in [0.5, 0.6) is 0 Å². The molecule has 1 amide bonds. The van der Waals surface area contributed by atoms with Gasteiger partial charge in [0.2, 0.25) is 0 Å². The number of carbonyl (C=O) groups is 1. The van der Waals surface area contributed by atoms with E-state index in [9.17, 15) is 4.79 Å². The topological polar surface area (TPSA) is 41.4 Å². The predicted octanol–water partition coefficient (Wildman–Crippen LogP) is 1.90. The Bertz CT molecular complexity index is 333. The van der Waals surface area contributed by atoms with Crippen LogP contribution < -0.4 is 0 Å². The van der Waals surface area contributed by atoms with E-state index in [1.807, 2.05) is 11.8 Å². The average Bonchev–Trinajstić information content (AvgIpc) is 2.92. The standard InChI is InChI=1S/C13H24N4O/c1-4-15(5-2)9-7-10-16(6-3)13(18)17-11-8-14-12-17/h8,11-12H,4-7,9-10H2,1-3H3. The zero-order valence-electron chi connectivity index (χ0n) is 11.7. The third-order valence-electron chi connectivity index (χ3n) is 3.17. The number of carbonyl (C=O) groups excluding carboxylic acids is 1. The van der Waals surface area contributed by atoms with Gasteiger partial charge in [0.25, 0.3) is 0 Å². The van der Waals surface area contributed by atoms with E-state index >= 15 is 0 Å². The van der Waals surface area contributed by atoms with E-state index in [4.69, 9.17) is 0 Å². The van der Waals surface area contributed by atoms with Crippen LogP contribution in [0, 0.1) is 0 Å². The van der Waals surface area contributed by atoms with Crippen molar-refractivity contribution in [1.29, 1.82) is 0 Å². The predicted molar refractivity (Wildman–Crippen MR) is 72.7 cm³/mol. The molecule has 0 fully saturated rings. The molecule has 102 valence electrons. The monoisotopic (exact) mass is 252 g/mol. The van der Waals surface area contributed by atoms with E-state index in [1.54, 1.807) is 18.7 Å². The molecule has 1 rings (SSSR count). The minimum atomic E-state index is 0.00884. The minimum Gasteiger partial charge on any atom is -0.324 e. The Hall–Kier alpha value is -1.36. The van der Waals surface area contributed by atoms with Gasteiger partial charge in [-0.1, -0.05) is 13.8 Å². The molecule has 18 heavy (non-hydrogen) atoms. The maximum absolute atomic E-state index is 12.1. The van der Waals surface area contributed by atoms with Gasteiger partial charge in [-0.05, 0) is 33.0 Å².